The summed E-state index contributed by atoms with van der Waals surface area (Å²) in [6, 6.07) is 8.48. The number of ether oxygens (including phenoxy) is 1. The van der Waals surface area contributed by atoms with Gasteiger partial charge >= 0.3 is 0 Å². The number of hydrogen-bond donors (Lipinski definition) is 0. The standard InChI is InChI=1S/C15H22O/c1-4-7-13(2)12-15-9-6-5-8-14(15)10-11-16-3/h5-6,8-10,12-13H,4,7,11H2,1-3H3/b14-10-,15-12-. The van der Waals surface area contributed by atoms with E-state index >= 15 is 0 Å². The molecule has 1 aromatic carbocycles. The second kappa shape index (κ2) is 7.24. The quantitative estimate of drug-likeness (QED) is 0.737. The molecule has 0 heterocycles. The zero-order chi connectivity index (χ0) is 11.8. The van der Waals surface area contributed by atoms with Crippen LogP contribution in [0.5, 0.6) is 0 Å². The van der Waals surface area contributed by atoms with Gasteiger partial charge in [-0.25, -0.2) is 0 Å². The maximum Gasteiger partial charge on any atom is 0.0652 e. The highest BCUT2D eigenvalue weighted by atomic mass is 16.5. The van der Waals surface area contributed by atoms with Gasteiger partial charge in [0, 0.05) is 7.11 Å². The molecule has 0 spiro atoms. The smallest absolute Gasteiger partial charge is 0.0652 e. The molecule has 0 fully saturated rings. The van der Waals surface area contributed by atoms with Crippen molar-refractivity contribution in [3.8, 4) is 0 Å². The van der Waals surface area contributed by atoms with Crippen LogP contribution in [0, 0.1) is 5.92 Å². The summed E-state index contributed by atoms with van der Waals surface area (Å²) in [5, 5.41) is 2.59. The second-order valence-corrected chi connectivity index (χ2v) is 4.22. The molecular weight excluding hydrogens is 196 g/mol. The maximum absolute atomic E-state index is 5.08. The van der Waals surface area contributed by atoms with E-state index in [9.17, 15) is 0 Å². The lowest BCUT2D eigenvalue weighted by Crippen LogP contribution is -2.25. The lowest BCUT2D eigenvalue weighted by atomic mass is 10.0. The second-order valence-electron chi connectivity index (χ2n) is 4.22. The van der Waals surface area contributed by atoms with Gasteiger partial charge in [-0.05, 0) is 22.8 Å². The average molecular weight is 218 g/mol. The lowest BCUT2D eigenvalue weighted by Gasteiger charge is -2.02. The molecule has 0 amide bonds. The Labute approximate surface area is 98.5 Å². The molecule has 1 unspecified atom stereocenters. The Hall–Kier alpha value is -1.08. The van der Waals surface area contributed by atoms with Gasteiger partial charge in [-0.2, -0.15) is 0 Å². The third-order valence-corrected chi connectivity index (χ3v) is 2.67. The van der Waals surface area contributed by atoms with Crippen LogP contribution in [0.4, 0.5) is 0 Å². The van der Waals surface area contributed by atoms with Crippen molar-refractivity contribution >= 4 is 12.2 Å². The van der Waals surface area contributed by atoms with Crippen LogP contribution < -0.4 is 10.4 Å². The molecule has 0 aliphatic carbocycles. The van der Waals surface area contributed by atoms with Crippen molar-refractivity contribution in [3.05, 3.63) is 34.7 Å². The molecule has 0 saturated carbocycles. The first-order valence-corrected chi connectivity index (χ1v) is 6.04. The van der Waals surface area contributed by atoms with E-state index in [1.54, 1.807) is 7.11 Å². The Kier molecular flexibility index (Phi) is 5.87. The Morgan fingerprint density at radius 1 is 1.25 bits per heavy atom. The highest BCUT2D eigenvalue weighted by Gasteiger charge is 1.94. The fourth-order valence-corrected chi connectivity index (χ4v) is 1.87. The van der Waals surface area contributed by atoms with Gasteiger partial charge in [-0.15, -0.1) is 0 Å². The summed E-state index contributed by atoms with van der Waals surface area (Å²) in [5.74, 6) is 0.641. The molecule has 1 aromatic rings. The van der Waals surface area contributed by atoms with Crippen molar-refractivity contribution in [2.75, 3.05) is 13.7 Å². The number of hydrogen-bond acceptors (Lipinski definition) is 1. The zero-order valence-corrected chi connectivity index (χ0v) is 10.6. The summed E-state index contributed by atoms with van der Waals surface area (Å²) in [5.41, 5.74) is 0. The molecule has 0 aromatic heterocycles. The minimum Gasteiger partial charge on any atom is -0.381 e. The monoisotopic (exact) mass is 218 g/mol. The van der Waals surface area contributed by atoms with Gasteiger partial charge in [0.1, 0.15) is 0 Å². The van der Waals surface area contributed by atoms with Crippen molar-refractivity contribution in [1.82, 2.24) is 0 Å². The first kappa shape index (κ1) is 13.0. The van der Waals surface area contributed by atoms with E-state index < -0.39 is 0 Å². The van der Waals surface area contributed by atoms with Crippen LogP contribution >= 0.6 is 0 Å². The van der Waals surface area contributed by atoms with Crippen LogP contribution in [0.2, 0.25) is 0 Å². The Balaban J connectivity index is 3.03. The maximum atomic E-state index is 5.08. The number of methoxy groups -OCH3 is 1. The molecule has 88 valence electrons. The molecule has 0 aliphatic heterocycles. The van der Waals surface area contributed by atoms with Gasteiger partial charge in [-0.3, -0.25) is 0 Å². The van der Waals surface area contributed by atoms with E-state index in [0.29, 0.717) is 12.5 Å². The molecule has 1 atom stereocenters. The third-order valence-electron chi connectivity index (χ3n) is 2.67. The molecule has 16 heavy (non-hydrogen) atoms. The van der Waals surface area contributed by atoms with Gasteiger partial charge in [0.2, 0.25) is 0 Å². The Bertz CT molecular complexity index is 406. The predicted octanol–water partition coefficient (Wildman–Crippen LogP) is 2.33. The Morgan fingerprint density at radius 2 is 1.94 bits per heavy atom. The Morgan fingerprint density at radius 3 is 2.56 bits per heavy atom. The minimum atomic E-state index is 0.641. The van der Waals surface area contributed by atoms with Gasteiger partial charge in [0.25, 0.3) is 0 Å². The molecule has 1 heteroatoms. The molecule has 0 radical (unpaired) electrons. The highest BCUT2D eigenvalue weighted by molar-refractivity contribution is 5.33. The normalized spacial score (nSPS) is 15.4. The van der Waals surface area contributed by atoms with Crippen molar-refractivity contribution in [1.29, 1.82) is 0 Å². The van der Waals surface area contributed by atoms with Crippen molar-refractivity contribution < 1.29 is 4.74 Å². The third kappa shape index (κ3) is 4.19. The van der Waals surface area contributed by atoms with Crippen LogP contribution in [0.25, 0.3) is 12.2 Å². The molecule has 0 saturated heterocycles. The van der Waals surface area contributed by atoms with Gasteiger partial charge in [-0.1, -0.05) is 56.7 Å². The SMILES string of the molecule is CCCC(C)/C=c1/cccc/c1=C/COC. The van der Waals surface area contributed by atoms with Crippen LogP contribution in [0.3, 0.4) is 0 Å². The van der Waals surface area contributed by atoms with E-state index in [0.717, 1.165) is 0 Å². The summed E-state index contributed by atoms with van der Waals surface area (Å²) >= 11 is 0. The van der Waals surface area contributed by atoms with Crippen LogP contribution in [-0.2, 0) is 4.74 Å². The fraction of sp³-hybridized carbons (Fsp3) is 0.467. The molecule has 0 bridgehead atoms. The largest absolute Gasteiger partial charge is 0.381 e. The molecule has 1 nitrogen and oxygen atoms in total. The minimum absolute atomic E-state index is 0.641. The van der Waals surface area contributed by atoms with E-state index in [4.69, 9.17) is 4.74 Å². The highest BCUT2D eigenvalue weighted by Crippen LogP contribution is 2.05. The van der Waals surface area contributed by atoms with E-state index in [1.807, 2.05) is 0 Å². The summed E-state index contributed by atoms with van der Waals surface area (Å²) in [6.07, 6.45) is 6.97. The van der Waals surface area contributed by atoms with Crippen molar-refractivity contribution in [2.24, 2.45) is 5.92 Å². The van der Waals surface area contributed by atoms with Crippen LogP contribution in [0.15, 0.2) is 24.3 Å². The summed E-state index contributed by atoms with van der Waals surface area (Å²) in [6.45, 7) is 5.18. The van der Waals surface area contributed by atoms with Gasteiger partial charge in [0.15, 0.2) is 0 Å². The van der Waals surface area contributed by atoms with Crippen molar-refractivity contribution in [3.63, 3.8) is 0 Å². The van der Waals surface area contributed by atoms with E-state index in [-0.39, 0.29) is 0 Å². The van der Waals surface area contributed by atoms with Crippen molar-refractivity contribution in [2.45, 2.75) is 26.7 Å². The van der Waals surface area contributed by atoms with Crippen LogP contribution in [0.1, 0.15) is 26.7 Å². The molecule has 0 N–H and O–H groups in total. The lowest BCUT2D eigenvalue weighted by molar-refractivity contribution is 0.243. The number of benzene rings is 1. The fourth-order valence-electron chi connectivity index (χ4n) is 1.87. The molecule has 1 rings (SSSR count). The van der Waals surface area contributed by atoms with Gasteiger partial charge < -0.3 is 4.74 Å². The predicted molar refractivity (Wildman–Crippen MR) is 70.6 cm³/mol. The first-order chi connectivity index (χ1) is 7.77. The number of rotatable bonds is 5. The first-order valence-electron chi connectivity index (χ1n) is 6.04. The molecule has 0 aliphatic rings. The topological polar surface area (TPSA) is 9.23 Å². The summed E-state index contributed by atoms with van der Waals surface area (Å²) in [7, 11) is 1.72. The van der Waals surface area contributed by atoms with E-state index in [2.05, 4.69) is 50.3 Å². The average Bonchev–Trinajstić information content (AvgIpc) is 2.28. The summed E-state index contributed by atoms with van der Waals surface area (Å²) in [4.78, 5) is 0. The summed E-state index contributed by atoms with van der Waals surface area (Å²) < 4.78 is 5.08. The zero-order valence-electron chi connectivity index (χ0n) is 10.6. The van der Waals surface area contributed by atoms with Crippen LogP contribution in [-0.4, -0.2) is 13.7 Å². The molecular formula is C15H22O. The van der Waals surface area contributed by atoms with Gasteiger partial charge in [0.05, 0.1) is 6.61 Å². The van der Waals surface area contributed by atoms with E-state index in [1.165, 1.54) is 23.3 Å².